The molecule has 2 aromatic heterocycles. The van der Waals surface area contributed by atoms with E-state index in [1.54, 1.807) is 24.3 Å². The topological polar surface area (TPSA) is 108 Å². The summed E-state index contributed by atoms with van der Waals surface area (Å²) in [4.78, 5) is 43.1. The fraction of sp³-hybridized carbons (Fsp3) is 0.0476. The van der Waals surface area contributed by atoms with Gasteiger partial charge in [-0.3, -0.25) is 14.3 Å². The maximum atomic E-state index is 13.3. The normalized spacial score (nSPS) is 10.9. The molecule has 0 aliphatic rings. The first-order chi connectivity index (χ1) is 13.9. The highest BCUT2D eigenvalue weighted by Crippen LogP contribution is 2.23. The fourth-order valence-electron chi connectivity index (χ4n) is 3.12. The third-order valence-electron chi connectivity index (χ3n) is 4.49. The van der Waals surface area contributed by atoms with Crippen molar-refractivity contribution in [1.29, 1.82) is 0 Å². The van der Waals surface area contributed by atoms with E-state index in [0.29, 0.717) is 5.56 Å². The first kappa shape index (κ1) is 18.3. The molecule has 7 nitrogen and oxygen atoms in total. The number of rotatable bonds is 4. The Kier molecular flexibility index (Phi) is 4.52. The molecular formula is C21H13FN3O4-. The summed E-state index contributed by atoms with van der Waals surface area (Å²) in [6.45, 7) is 0.0688. The average Bonchev–Trinajstić information content (AvgIpc) is 2.71. The summed E-state index contributed by atoms with van der Waals surface area (Å²) < 4.78 is 14.4. The van der Waals surface area contributed by atoms with E-state index in [-0.39, 0.29) is 23.3 Å². The Labute approximate surface area is 162 Å². The predicted molar refractivity (Wildman–Crippen MR) is 102 cm³/mol. The van der Waals surface area contributed by atoms with E-state index in [2.05, 4.69) is 9.97 Å². The van der Waals surface area contributed by atoms with Gasteiger partial charge in [-0.05, 0) is 35.9 Å². The molecule has 0 saturated heterocycles. The van der Waals surface area contributed by atoms with Gasteiger partial charge in [-0.25, -0.2) is 14.2 Å². The third-order valence-corrected chi connectivity index (χ3v) is 4.49. The molecule has 0 fully saturated rings. The summed E-state index contributed by atoms with van der Waals surface area (Å²) in [5, 5.41) is 11.5. The summed E-state index contributed by atoms with van der Waals surface area (Å²) in [7, 11) is 0. The van der Waals surface area contributed by atoms with E-state index in [9.17, 15) is 23.9 Å². The first-order valence-electron chi connectivity index (χ1n) is 8.63. The molecule has 0 bridgehead atoms. The number of carbonyl (C=O) groups excluding carboxylic acids is 1. The van der Waals surface area contributed by atoms with Crippen LogP contribution in [0.15, 0.2) is 70.3 Å². The fourth-order valence-corrected chi connectivity index (χ4v) is 3.12. The molecule has 2 heterocycles. The number of carbonyl (C=O) groups is 1. The van der Waals surface area contributed by atoms with Crippen molar-refractivity contribution in [2.45, 2.75) is 6.54 Å². The molecule has 1 N–H and O–H groups in total. The molecule has 4 rings (SSSR count). The second-order valence-corrected chi connectivity index (χ2v) is 6.38. The van der Waals surface area contributed by atoms with Gasteiger partial charge >= 0.3 is 5.69 Å². The molecule has 0 aliphatic heterocycles. The number of nitrogens with one attached hydrogen (secondary N) is 1. The van der Waals surface area contributed by atoms with Crippen LogP contribution in [0.2, 0.25) is 0 Å². The number of aromatic nitrogens is 3. The highest BCUT2D eigenvalue weighted by molar-refractivity contribution is 6.01. The molecule has 0 atom stereocenters. The summed E-state index contributed by atoms with van der Waals surface area (Å²) in [5.74, 6) is -2.05. The second-order valence-electron chi connectivity index (χ2n) is 6.38. The van der Waals surface area contributed by atoms with Crippen LogP contribution in [0.3, 0.4) is 0 Å². The number of fused-ring (bicyclic) bond motifs is 1. The Hall–Kier alpha value is -4.07. The van der Waals surface area contributed by atoms with Gasteiger partial charge in [0, 0.05) is 11.1 Å². The molecule has 0 amide bonds. The van der Waals surface area contributed by atoms with Crippen molar-refractivity contribution in [3.05, 3.63) is 98.4 Å². The smallest absolute Gasteiger partial charge is 0.330 e. The van der Waals surface area contributed by atoms with Gasteiger partial charge in [0.1, 0.15) is 5.82 Å². The zero-order valence-electron chi connectivity index (χ0n) is 14.9. The predicted octanol–water partition coefficient (Wildman–Crippen LogP) is 1.30. The van der Waals surface area contributed by atoms with E-state index in [1.807, 2.05) is 6.07 Å². The van der Waals surface area contributed by atoms with E-state index < -0.39 is 28.6 Å². The molecule has 0 aliphatic carbocycles. The van der Waals surface area contributed by atoms with Gasteiger partial charge in [0.25, 0.3) is 5.56 Å². The number of H-pyrrole nitrogens is 1. The molecule has 29 heavy (non-hydrogen) atoms. The minimum atomic E-state index is -1.59. The molecule has 0 unspecified atom stereocenters. The Balaban J connectivity index is 2.05. The summed E-state index contributed by atoms with van der Waals surface area (Å²) in [5.41, 5.74) is -0.739. The highest BCUT2D eigenvalue weighted by Gasteiger charge is 2.17. The van der Waals surface area contributed by atoms with Crippen LogP contribution in [-0.2, 0) is 6.54 Å². The number of pyridine rings is 1. The SMILES string of the molecule is O=C([O-])c1cc(-c2ccc(F)cc2)nc2c1c(=O)[nH]c(=O)n2Cc1ccccc1. The van der Waals surface area contributed by atoms with Crippen LogP contribution >= 0.6 is 0 Å². The Bertz CT molecular complexity index is 1340. The summed E-state index contributed by atoms with van der Waals surface area (Å²) in [6, 6.07) is 15.4. The van der Waals surface area contributed by atoms with Gasteiger partial charge in [0.2, 0.25) is 0 Å². The van der Waals surface area contributed by atoms with Gasteiger partial charge < -0.3 is 9.90 Å². The zero-order valence-corrected chi connectivity index (χ0v) is 14.9. The number of carboxylic acids is 1. The van der Waals surface area contributed by atoms with Crippen LogP contribution in [0.5, 0.6) is 0 Å². The summed E-state index contributed by atoms with van der Waals surface area (Å²) >= 11 is 0. The Morgan fingerprint density at radius 3 is 2.41 bits per heavy atom. The van der Waals surface area contributed by atoms with E-state index in [0.717, 1.165) is 5.56 Å². The molecular weight excluding hydrogens is 377 g/mol. The van der Waals surface area contributed by atoms with Crippen molar-refractivity contribution in [1.82, 2.24) is 14.5 Å². The average molecular weight is 390 g/mol. The number of hydrogen-bond donors (Lipinski definition) is 1. The molecule has 0 spiro atoms. The number of aromatic carboxylic acids is 1. The number of hydrogen-bond acceptors (Lipinski definition) is 5. The largest absolute Gasteiger partial charge is 0.545 e. The van der Waals surface area contributed by atoms with E-state index in [1.165, 1.54) is 34.9 Å². The lowest BCUT2D eigenvalue weighted by molar-refractivity contribution is -0.254. The van der Waals surface area contributed by atoms with Crippen LogP contribution < -0.4 is 16.4 Å². The van der Waals surface area contributed by atoms with Gasteiger partial charge in [0.15, 0.2) is 5.65 Å². The lowest BCUT2D eigenvalue weighted by Crippen LogP contribution is -2.33. The molecule has 0 radical (unpaired) electrons. The minimum Gasteiger partial charge on any atom is -0.545 e. The van der Waals surface area contributed by atoms with Crippen LogP contribution in [0.4, 0.5) is 4.39 Å². The lowest BCUT2D eigenvalue weighted by Gasteiger charge is -2.14. The van der Waals surface area contributed by atoms with Gasteiger partial charge in [-0.15, -0.1) is 0 Å². The van der Waals surface area contributed by atoms with E-state index >= 15 is 0 Å². The van der Waals surface area contributed by atoms with Crippen molar-refractivity contribution in [2.24, 2.45) is 0 Å². The zero-order chi connectivity index (χ0) is 20.5. The molecule has 0 saturated carbocycles. The number of benzene rings is 2. The van der Waals surface area contributed by atoms with Gasteiger partial charge in [-0.2, -0.15) is 0 Å². The maximum Gasteiger partial charge on any atom is 0.330 e. The quantitative estimate of drug-likeness (QED) is 0.565. The van der Waals surface area contributed by atoms with Crippen LogP contribution in [0.25, 0.3) is 22.3 Å². The van der Waals surface area contributed by atoms with Crippen molar-refractivity contribution in [3.8, 4) is 11.3 Å². The van der Waals surface area contributed by atoms with Crippen molar-refractivity contribution in [2.75, 3.05) is 0 Å². The van der Waals surface area contributed by atoms with Crippen LogP contribution in [0.1, 0.15) is 15.9 Å². The number of carboxylic acid groups (broad SMARTS) is 1. The van der Waals surface area contributed by atoms with Crippen molar-refractivity contribution < 1.29 is 14.3 Å². The van der Waals surface area contributed by atoms with Gasteiger partial charge in [-0.1, -0.05) is 30.3 Å². The molecule has 8 heteroatoms. The lowest BCUT2D eigenvalue weighted by atomic mass is 10.1. The highest BCUT2D eigenvalue weighted by atomic mass is 19.1. The minimum absolute atomic E-state index is 0.0688. The van der Waals surface area contributed by atoms with E-state index in [4.69, 9.17) is 0 Å². The van der Waals surface area contributed by atoms with Crippen molar-refractivity contribution in [3.63, 3.8) is 0 Å². The molecule has 4 aromatic rings. The van der Waals surface area contributed by atoms with Crippen LogP contribution in [-0.4, -0.2) is 20.5 Å². The monoisotopic (exact) mass is 390 g/mol. The number of nitrogens with zero attached hydrogens (tertiary/aromatic N) is 2. The molecule has 144 valence electrons. The third kappa shape index (κ3) is 3.43. The Morgan fingerprint density at radius 2 is 1.76 bits per heavy atom. The van der Waals surface area contributed by atoms with Crippen molar-refractivity contribution >= 4 is 17.0 Å². The first-order valence-corrected chi connectivity index (χ1v) is 8.63. The Morgan fingerprint density at radius 1 is 1.07 bits per heavy atom. The molecule has 2 aromatic carbocycles. The summed E-state index contributed by atoms with van der Waals surface area (Å²) in [6.07, 6.45) is 0. The van der Waals surface area contributed by atoms with Crippen LogP contribution in [0, 0.1) is 5.82 Å². The second kappa shape index (κ2) is 7.16. The number of halogens is 1. The maximum absolute atomic E-state index is 13.3. The number of aromatic amines is 1. The standard InChI is InChI=1S/C21H14FN3O4/c22-14-8-6-13(7-9-14)16-10-15(20(27)28)17-18(23-16)25(21(29)24-19(17)26)11-12-4-2-1-3-5-12/h1-10H,11H2,(H,27,28)(H,24,26,29)/p-1. The van der Waals surface area contributed by atoms with Gasteiger partial charge in [0.05, 0.1) is 23.6 Å².